The number of ether oxygens (including phenoxy) is 1. The molecule has 0 saturated carbocycles. The van der Waals surface area contributed by atoms with E-state index in [0.29, 0.717) is 6.61 Å². The molecule has 0 atom stereocenters. The summed E-state index contributed by atoms with van der Waals surface area (Å²) in [6, 6.07) is 8.92. The molecule has 150 valence electrons. The highest BCUT2D eigenvalue weighted by Gasteiger charge is 2.18. The van der Waals surface area contributed by atoms with Crippen LogP contribution in [0.2, 0.25) is 0 Å². The molecule has 0 saturated heterocycles. The standard InChI is InChI=1S/C20H34N2O2.2ClH/c1-7-13-21(3,4)16-18-9-11-19(12-10-18)17-22(5,6)14-15-24-20(23)8-2;;/h8-12H,2,7,13-17H2,1,3-6H3;2*1H/q+2;;/p-2. The van der Waals surface area contributed by atoms with Gasteiger partial charge in [-0.15, -0.1) is 0 Å². The summed E-state index contributed by atoms with van der Waals surface area (Å²) < 4.78 is 6.89. The zero-order valence-electron chi connectivity index (χ0n) is 16.8. The Hall–Kier alpha value is -1.07. The fourth-order valence-corrected chi connectivity index (χ4v) is 2.95. The monoisotopic (exact) mass is 404 g/mol. The van der Waals surface area contributed by atoms with Gasteiger partial charge in [-0.1, -0.05) is 37.8 Å². The van der Waals surface area contributed by atoms with Crippen LogP contribution in [0.25, 0.3) is 0 Å². The molecule has 0 spiro atoms. The largest absolute Gasteiger partial charge is 1.00 e. The van der Waals surface area contributed by atoms with Crippen LogP contribution in [0.4, 0.5) is 0 Å². The van der Waals surface area contributed by atoms with E-state index in [-0.39, 0.29) is 30.8 Å². The van der Waals surface area contributed by atoms with Gasteiger partial charge in [0.05, 0.1) is 34.7 Å². The lowest BCUT2D eigenvalue weighted by Crippen LogP contribution is -3.00. The average Bonchev–Trinajstić information content (AvgIpc) is 2.48. The van der Waals surface area contributed by atoms with Crippen molar-refractivity contribution in [3.05, 3.63) is 48.0 Å². The van der Waals surface area contributed by atoms with E-state index >= 15 is 0 Å². The number of halogens is 2. The minimum absolute atomic E-state index is 0. The summed E-state index contributed by atoms with van der Waals surface area (Å²) in [5.74, 6) is -0.354. The molecule has 0 unspecified atom stereocenters. The summed E-state index contributed by atoms with van der Waals surface area (Å²) >= 11 is 0. The van der Waals surface area contributed by atoms with E-state index in [4.69, 9.17) is 4.74 Å². The molecule has 0 fully saturated rings. The van der Waals surface area contributed by atoms with Crippen molar-refractivity contribution in [2.75, 3.05) is 47.9 Å². The van der Waals surface area contributed by atoms with Crippen LogP contribution in [-0.4, -0.2) is 62.8 Å². The Morgan fingerprint density at radius 2 is 1.38 bits per heavy atom. The average molecular weight is 405 g/mol. The number of hydrogen-bond acceptors (Lipinski definition) is 2. The van der Waals surface area contributed by atoms with Gasteiger partial charge in [-0.2, -0.15) is 0 Å². The Labute approximate surface area is 171 Å². The van der Waals surface area contributed by atoms with Crippen molar-refractivity contribution in [1.29, 1.82) is 0 Å². The Kier molecular flexibility index (Phi) is 12.9. The maximum absolute atomic E-state index is 11.1. The van der Waals surface area contributed by atoms with E-state index in [1.807, 2.05) is 0 Å². The summed E-state index contributed by atoms with van der Waals surface area (Å²) in [6.45, 7) is 10.00. The van der Waals surface area contributed by atoms with E-state index in [9.17, 15) is 4.79 Å². The van der Waals surface area contributed by atoms with Crippen molar-refractivity contribution in [3.8, 4) is 0 Å². The molecule has 0 bridgehead atoms. The van der Waals surface area contributed by atoms with Gasteiger partial charge in [-0.25, -0.2) is 4.79 Å². The molecule has 1 rings (SSSR count). The van der Waals surface area contributed by atoms with E-state index in [2.05, 4.69) is 66.0 Å². The van der Waals surface area contributed by atoms with Crippen molar-refractivity contribution >= 4 is 5.97 Å². The van der Waals surface area contributed by atoms with E-state index in [1.54, 1.807) is 0 Å². The van der Waals surface area contributed by atoms with Crippen LogP contribution in [0, 0.1) is 0 Å². The zero-order chi connectivity index (χ0) is 18.2. The lowest BCUT2D eigenvalue weighted by atomic mass is 10.1. The fourth-order valence-electron chi connectivity index (χ4n) is 2.95. The van der Waals surface area contributed by atoms with Crippen molar-refractivity contribution in [2.24, 2.45) is 0 Å². The van der Waals surface area contributed by atoms with Gasteiger partial charge in [0.25, 0.3) is 0 Å². The lowest BCUT2D eigenvalue weighted by molar-refractivity contribution is -0.904. The minimum Gasteiger partial charge on any atom is -1.00 e. The third-order valence-corrected chi connectivity index (χ3v) is 4.18. The van der Waals surface area contributed by atoms with Crippen LogP contribution >= 0.6 is 0 Å². The number of esters is 1. The Bertz CT molecular complexity index is 543. The number of quaternary nitrogens is 2. The first-order valence-electron chi connectivity index (χ1n) is 8.68. The van der Waals surface area contributed by atoms with Crippen LogP contribution in [0.1, 0.15) is 24.5 Å². The third kappa shape index (κ3) is 10.8. The normalized spacial score (nSPS) is 11.1. The second-order valence-electron chi connectivity index (χ2n) is 7.82. The zero-order valence-corrected chi connectivity index (χ0v) is 18.3. The SMILES string of the molecule is C=CC(=O)OCC[N+](C)(C)Cc1ccc(C[N+](C)(C)CCC)cc1.[Cl-].[Cl-]. The lowest BCUT2D eigenvalue weighted by Gasteiger charge is -2.30. The van der Waals surface area contributed by atoms with Crippen molar-refractivity contribution in [3.63, 3.8) is 0 Å². The second kappa shape index (κ2) is 12.3. The van der Waals surface area contributed by atoms with Gasteiger partial charge in [-0.05, 0) is 6.42 Å². The summed E-state index contributed by atoms with van der Waals surface area (Å²) in [5.41, 5.74) is 2.68. The Balaban J connectivity index is 0. The predicted octanol–water partition coefficient (Wildman–Crippen LogP) is -3.01. The molecule has 0 aliphatic carbocycles. The van der Waals surface area contributed by atoms with E-state index in [0.717, 1.165) is 28.6 Å². The van der Waals surface area contributed by atoms with Gasteiger partial charge in [0.2, 0.25) is 0 Å². The molecule has 26 heavy (non-hydrogen) atoms. The number of carbonyl (C=O) groups is 1. The molecule has 0 aromatic heterocycles. The molecule has 0 aliphatic rings. The van der Waals surface area contributed by atoms with Gasteiger partial charge >= 0.3 is 5.97 Å². The molecular formula is C20H34Cl2N2O2. The summed E-state index contributed by atoms with van der Waals surface area (Å²) in [6.07, 6.45) is 2.41. The first-order chi connectivity index (χ1) is 11.2. The highest BCUT2D eigenvalue weighted by atomic mass is 35.5. The van der Waals surface area contributed by atoms with Crippen molar-refractivity contribution < 1.29 is 43.3 Å². The van der Waals surface area contributed by atoms with Gasteiger partial charge < -0.3 is 38.5 Å². The molecule has 1 aromatic carbocycles. The molecule has 1 aromatic rings. The summed E-state index contributed by atoms with van der Waals surface area (Å²) in [4.78, 5) is 11.1. The van der Waals surface area contributed by atoms with Crippen LogP contribution in [0.15, 0.2) is 36.9 Å². The first-order valence-corrected chi connectivity index (χ1v) is 8.68. The smallest absolute Gasteiger partial charge is 0.330 e. The van der Waals surface area contributed by atoms with Crippen LogP contribution in [-0.2, 0) is 22.6 Å². The van der Waals surface area contributed by atoms with E-state index < -0.39 is 0 Å². The second-order valence-corrected chi connectivity index (χ2v) is 7.82. The number of hydrogen-bond donors (Lipinski definition) is 0. The first kappa shape index (κ1) is 27.2. The van der Waals surface area contributed by atoms with Crippen molar-refractivity contribution in [1.82, 2.24) is 0 Å². The quantitative estimate of drug-likeness (QED) is 0.236. The summed E-state index contributed by atoms with van der Waals surface area (Å²) in [7, 11) is 8.86. The molecule has 0 amide bonds. The van der Waals surface area contributed by atoms with Crippen LogP contribution in [0.3, 0.4) is 0 Å². The third-order valence-electron chi connectivity index (χ3n) is 4.18. The van der Waals surface area contributed by atoms with Gasteiger partial charge in [-0.3, -0.25) is 0 Å². The fraction of sp³-hybridized carbons (Fsp3) is 0.550. The van der Waals surface area contributed by atoms with Crippen LogP contribution < -0.4 is 24.8 Å². The molecule has 0 radical (unpaired) electrons. The Morgan fingerprint density at radius 3 is 1.77 bits per heavy atom. The number of carbonyl (C=O) groups excluding carboxylic acids is 1. The highest BCUT2D eigenvalue weighted by molar-refractivity contribution is 5.81. The number of rotatable bonds is 10. The number of nitrogens with zero attached hydrogens (tertiary/aromatic N) is 2. The molecule has 0 heterocycles. The van der Waals surface area contributed by atoms with Crippen molar-refractivity contribution in [2.45, 2.75) is 26.4 Å². The topological polar surface area (TPSA) is 26.3 Å². The number of benzene rings is 1. The molecule has 0 N–H and O–H groups in total. The number of likely N-dealkylation sites (N-methyl/N-ethyl adjacent to an activating group) is 1. The Morgan fingerprint density at radius 1 is 0.962 bits per heavy atom. The highest BCUT2D eigenvalue weighted by Crippen LogP contribution is 2.14. The van der Waals surface area contributed by atoms with Gasteiger partial charge in [0.15, 0.2) is 0 Å². The molecule has 0 aliphatic heterocycles. The van der Waals surface area contributed by atoms with Crippen LogP contribution in [0.5, 0.6) is 0 Å². The maximum Gasteiger partial charge on any atom is 0.330 e. The predicted molar refractivity (Wildman–Crippen MR) is 99.2 cm³/mol. The van der Waals surface area contributed by atoms with E-state index in [1.165, 1.54) is 30.2 Å². The summed E-state index contributed by atoms with van der Waals surface area (Å²) in [5, 5.41) is 0. The molecular weight excluding hydrogens is 371 g/mol. The minimum atomic E-state index is -0.354. The van der Waals surface area contributed by atoms with Gasteiger partial charge in [0, 0.05) is 17.2 Å². The maximum atomic E-state index is 11.1. The molecule has 6 heteroatoms. The molecule has 4 nitrogen and oxygen atoms in total. The van der Waals surface area contributed by atoms with Gasteiger partial charge in [0.1, 0.15) is 26.2 Å².